The first-order valence-corrected chi connectivity index (χ1v) is 9.53. The van der Waals surface area contributed by atoms with Gasteiger partial charge in [0.1, 0.15) is 0 Å². The third-order valence-corrected chi connectivity index (χ3v) is 6.40. The zero-order chi connectivity index (χ0) is 15.2. The van der Waals surface area contributed by atoms with Gasteiger partial charge in [-0.3, -0.25) is 4.90 Å². The molecule has 4 atom stereocenters. The van der Waals surface area contributed by atoms with E-state index in [2.05, 4.69) is 24.1 Å². The van der Waals surface area contributed by atoms with E-state index in [0.717, 1.165) is 31.5 Å². The van der Waals surface area contributed by atoms with Crippen LogP contribution in [-0.2, 0) is 9.84 Å². The van der Waals surface area contributed by atoms with Crippen LogP contribution in [0.1, 0.15) is 25.5 Å². The molecular weight excluding hydrogens is 284 g/mol. The van der Waals surface area contributed by atoms with E-state index in [1.54, 1.807) is 12.1 Å². The zero-order valence-corrected chi connectivity index (χ0v) is 13.7. The van der Waals surface area contributed by atoms with Crippen LogP contribution in [0.5, 0.6) is 0 Å². The molecule has 2 saturated heterocycles. The van der Waals surface area contributed by atoms with Crippen molar-refractivity contribution < 1.29 is 8.42 Å². The molecule has 2 heterocycles. The van der Waals surface area contributed by atoms with Crippen LogP contribution >= 0.6 is 0 Å². The number of rotatable bonds is 3. The second-order valence-corrected chi connectivity index (χ2v) is 8.55. The average molecular weight is 308 g/mol. The molecule has 1 aromatic carbocycles. The topological polar surface area (TPSA) is 49.4 Å². The molecule has 2 fully saturated rings. The van der Waals surface area contributed by atoms with Crippen LogP contribution < -0.4 is 5.32 Å². The Kier molecular flexibility index (Phi) is 3.84. The van der Waals surface area contributed by atoms with Crippen molar-refractivity contribution >= 4 is 9.84 Å². The molecule has 0 bridgehead atoms. The Morgan fingerprint density at radius 1 is 1.24 bits per heavy atom. The lowest BCUT2D eigenvalue weighted by atomic mass is 9.95. The molecule has 0 aliphatic carbocycles. The van der Waals surface area contributed by atoms with Crippen LogP contribution in [0.25, 0.3) is 0 Å². The van der Waals surface area contributed by atoms with Crippen molar-refractivity contribution in [3.05, 3.63) is 29.8 Å². The van der Waals surface area contributed by atoms with Crippen LogP contribution in [0, 0.1) is 11.8 Å². The molecule has 0 amide bonds. The summed E-state index contributed by atoms with van der Waals surface area (Å²) in [6.07, 6.45) is 1.25. The molecule has 116 valence electrons. The third-order valence-electron chi connectivity index (χ3n) is 5.27. The quantitative estimate of drug-likeness (QED) is 0.923. The van der Waals surface area contributed by atoms with E-state index in [-0.39, 0.29) is 0 Å². The molecule has 4 unspecified atom stereocenters. The molecule has 1 aromatic rings. The van der Waals surface area contributed by atoms with Crippen molar-refractivity contribution in [1.29, 1.82) is 0 Å². The Bertz CT molecular complexity index is 612. The predicted molar refractivity (Wildman–Crippen MR) is 84.0 cm³/mol. The lowest BCUT2D eigenvalue weighted by Crippen LogP contribution is -2.35. The van der Waals surface area contributed by atoms with Crippen molar-refractivity contribution in [2.75, 3.05) is 25.9 Å². The molecule has 0 aromatic heterocycles. The van der Waals surface area contributed by atoms with Gasteiger partial charge in [-0.1, -0.05) is 12.1 Å². The monoisotopic (exact) mass is 308 g/mol. The number of benzene rings is 1. The molecule has 4 nitrogen and oxygen atoms in total. The molecule has 0 spiro atoms. The van der Waals surface area contributed by atoms with Crippen LogP contribution in [0.15, 0.2) is 29.2 Å². The van der Waals surface area contributed by atoms with Crippen LogP contribution in [0.4, 0.5) is 0 Å². The minimum Gasteiger partial charge on any atom is -0.316 e. The van der Waals surface area contributed by atoms with Gasteiger partial charge in [-0.15, -0.1) is 0 Å². The highest BCUT2D eigenvalue weighted by molar-refractivity contribution is 7.90. The predicted octanol–water partition coefficient (Wildman–Crippen LogP) is 1.69. The SMILES string of the molecule is CC(c1ccc(S(C)(=O)=O)cc1)N1CC2CNCC2C1C. The summed E-state index contributed by atoms with van der Waals surface area (Å²) in [5.41, 5.74) is 1.20. The van der Waals surface area contributed by atoms with Gasteiger partial charge in [0.15, 0.2) is 9.84 Å². The number of fused-ring (bicyclic) bond motifs is 1. The molecule has 2 aliphatic heterocycles. The lowest BCUT2D eigenvalue weighted by molar-refractivity contribution is 0.182. The summed E-state index contributed by atoms with van der Waals surface area (Å²) in [4.78, 5) is 2.96. The van der Waals surface area contributed by atoms with Gasteiger partial charge in [0.25, 0.3) is 0 Å². The van der Waals surface area contributed by atoms with E-state index >= 15 is 0 Å². The Hall–Kier alpha value is -0.910. The van der Waals surface area contributed by atoms with Gasteiger partial charge < -0.3 is 5.32 Å². The molecule has 5 heteroatoms. The van der Waals surface area contributed by atoms with Crippen molar-refractivity contribution in [3.8, 4) is 0 Å². The van der Waals surface area contributed by atoms with Gasteiger partial charge in [-0.25, -0.2) is 8.42 Å². The Morgan fingerprint density at radius 2 is 1.90 bits per heavy atom. The first-order valence-electron chi connectivity index (χ1n) is 7.64. The van der Waals surface area contributed by atoms with Gasteiger partial charge >= 0.3 is 0 Å². The van der Waals surface area contributed by atoms with Gasteiger partial charge in [0.05, 0.1) is 4.90 Å². The summed E-state index contributed by atoms with van der Waals surface area (Å²) < 4.78 is 23.1. The van der Waals surface area contributed by atoms with Crippen LogP contribution in [0.3, 0.4) is 0 Å². The largest absolute Gasteiger partial charge is 0.316 e. The number of hydrogen-bond donors (Lipinski definition) is 1. The van der Waals surface area contributed by atoms with Crippen molar-refractivity contribution in [2.45, 2.75) is 30.8 Å². The van der Waals surface area contributed by atoms with E-state index < -0.39 is 9.84 Å². The Balaban J connectivity index is 1.78. The highest BCUT2D eigenvalue weighted by Crippen LogP contribution is 2.37. The normalized spacial score (nSPS) is 31.3. The number of likely N-dealkylation sites (tertiary alicyclic amines) is 1. The van der Waals surface area contributed by atoms with Crippen molar-refractivity contribution in [3.63, 3.8) is 0 Å². The summed E-state index contributed by atoms with van der Waals surface area (Å²) in [5.74, 6) is 1.51. The van der Waals surface area contributed by atoms with E-state index in [1.807, 2.05) is 12.1 Å². The highest BCUT2D eigenvalue weighted by Gasteiger charge is 2.43. The fourth-order valence-electron chi connectivity index (χ4n) is 3.90. The minimum atomic E-state index is -3.11. The number of hydrogen-bond acceptors (Lipinski definition) is 4. The summed E-state index contributed by atoms with van der Waals surface area (Å²) >= 11 is 0. The van der Waals surface area contributed by atoms with Crippen molar-refractivity contribution in [1.82, 2.24) is 10.2 Å². The number of nitrogens with zero attached hydrogens (tertiary/aromatic N) is 1. The molecule has 21 heavy (non-hydrogen) atoms. The highest BCUT2D eigenvalue weighted by atomic mass is 32.2. The summed E-state index contributed by atoms with van der Waals surface area (Å²) in [6, 6.07) is 8.28. The molecule has 0 saturated carbocycles. The molecule has 3 rings (SSSR count). The smallest absolute Gasteiger partial charge is 0.175 e. The van der Waals surface area contributed by atoms with Crippen molar-refractivity contribution in [2.24, 2.45) is 11.8 Å². The Labute approximate surface area is 127 Å². The summed E-state index contributed by atoms with van der Waals surface area (Å²) in [7, 11) is -3.11. The molecule has 0 radical (unpaired) electrons. The molecule has 1 N–H and O–H groups in total. The van der Waals surface area contributed by atoms with E-state index in [9.17, 15) is 8.42 Å². The number of sulfone groups is 1. The average Bonchev–Trinajstić information content (AvgIpc) is 3.01. The molecule has 2 aliphatic rings. The summed E-state index contributed by atoms with van der Waals surface area (Å²) in [5, 5.41) is 3.48. The minimum absolute atomic E-state index is 0.333. The van der Waals surface area contributed by atoms with Gasteiger partial charge in [-0.2, -0.15) is 0 Å². The van der Waals surface area contributed by atoms with E-state index in [1.165, 1.54) is 11.8 Å². The van der Waals surface area contributed by atoms with Gasteiger partial charge in [0.2, 0.25) is 0 Å². The number of nitrogens with one attached hydrogen (secondary N) is 1. The Morgan fingerprint density at radius 3 is 2.48 bits per heavy atom. The second-order valence-electron chi connectivity index (χ2n) is 6.54. The maximum absolute atomic E-state index is 11.5. The van der Waals surface area contributed by atoms with Gasteiger partial charge in [0, 0.05) is 24.9 Å². The first-order chi connectivity index (χ1) is 9.88. The van der Waals surface area contributed by atoms with Gasteiger partial charge in [-0.05, 0) is 56.5 Å². The maximum atomic E-state index is 11.5. The zero-order valence-electron chi connectivity index (χ0n) is 12.9. The first kappa shape index (κ1) is 15.0. The van der Waals surface area contributed by atoms with E-state index in [4.69, 9.17) is 0 Å². The van der Waals surface area contributed by atoms with Crippen LogP contribution in [-0.4, -0.2) is 45.2 Å². The van der Waals surface area contributed by atoms with E-state index in [0.29, 0.717) is 17.0 Å². The standard InChI is InChI=1S/C16H24N2O2S/c1-11(13-4-6-15(7-5-13)21(3,19)20)18-10-14-8-17-9-16(14)12(18)2/h4-7,11-12,14,16-17H,8-10H2,1-3H3. The molecular formula is C16H24N2O2S. The summed E-state index contributed by atoms with van der Waals surface area (Å²) in [6.45, 7) is 7.93. The maximum Gasteiger partial charge on any atom is 0.175 e. The fourth-order valence-corrected chi connectivity index (χ4v) is 4.53. The van der Waals surface area contributed by atoms with Crippen LogP contribution in [0.2, 0.25) is 0 Å². The third kappa shape index (κ3) is 2.74. The second kappa shape index (κ2) is 5.38. The fraction of sp³-hybridized carbons (Fsp3) is 0.625. The lowest BCUT2D eigenvalue weighted by Gasteiger charge is -2.31.